The minimum atomic E-state index is -1.28. The highest BCUT2D eigenvalue weighted by Crippen LogP contribution is 2.25. The van der Waals surface area contributed by atoms with Crippen LogP contribution in [0.15, 0.2) is 30.3 Å². The van der Waals surface area contributed by atoms with Gasteiger partial charge in [0.15, 0.2) is 6.10 Å². The maximum Gasteiger partial charge on any atom is 0.329 e. The number of amides is 4. The average molecular weight is 727 g/mol. The molecule has 52 heavy (non-hydrogen) atoms. The molecule has 2 fully saturated rings. The molecule has 2 N–H and O–H groups in total. The number of likely N-dealkylation sites (N-methyl/N-ethyl adjacent to an activating group) is 1. The SMILES string of the molecule is CCCCC[C@H]1OC(=O)[C@H]([C@@H](C)CC)NC(=O)[C@@H]2CCCN2C(=O)[C@H](Cc2ccccc2)OC(=O)[C@H](C(C)C)N(C)C(=O)[C@H](C(C)C)NC(=O)[C@H]1C. The van der Waals surface area contributed by atoms with Crippen molar-refractivity contribution >= 4 is 35.6 Å². The van der Waals surface area contributed by atoms with Crippen molar-refractivity contribution in [1.82, 2.24) is 20.4 Å². The highest BCUT2D eigenvalue weighted by molar-refractivity contribution is 5.95. The molecule has 0 radical (unpaired) electrons. The summed E-state index contributed by atoms with van der Waals surface area (Å²) in [7, 11) is 1.50. The third-order valence-electron chi connectivity index (χ3n) is 10.6. The number of carbonyl (C=O) groups is 6. The maximum atomic E-state index is 14.4. The molecule has 0 spiro atoms. The largest absolute Gasteiger partial charge is 0.460 e. The summed E-state index contributed by atoms with van der Waals surface area (Å²) in [5.41, 5.74) is 0.752. The molecule has 0 aliphatic carbocycles. The molecule has 2 aliphatic rings. The van der Waals surface area contributed by atoms with Crippen LogP contribution in [0.25, 0.3) is 0 Å². The van der Waals surface area contributed by atoms with Gasteiger partial charge in [-0.15, -0.1) is 0 Å². The molecule has 8 atom stereocenters. The van der Waals surface area contributed by atoms with Crippen molar-refractivity contribution in [3.8, 4) is 0 Å². The zero-order valence-corrected chi connectivity index (χ0v) is 32.7. The molecule has 0 unspecified atom stereocenters. The summed E-state index contributed by atoms with van der Waals surface area (Å²) in [5.74, 6) is -5.25. The van der Waals surface area contributed by atoms with Gasteiger partial charge in [-0.1, -0.05) is 105 Å². The van der Waals surface area contributed by atoms with Crippen molar-refractivity contribution in [3.05, 3.63) is 35.9 Å². The first-order valence-electron chi connectivity index (χ1n) is 19.2. The lowest BCUT2D eigenvalue weighted by Crippen LogP contribution is -2.57. The monoisotopic (exact) mass is 726 g/mol. The Hall–Kier alpha value is -3.96. The number of carbonyl (C=O) groups excluding carboxylic acids is 6. The quantitative estimate of drug-likeness (QED) is 0.266. The molecule has 3 rings (SSSR count). The number of ether oxygens (including phenoxy) is 2. The molecule has 2 saturated heterocycles. The third kappa shape index (κ3) is 10.8. The Morgan fingerprint density at radius 1 is 0.808 bits per heavy atom. The smallest absolute Gasteiger partial charge is 0.329 e. The summed E-state index contributed by atoms with van der Waals surface area (Å²) in [6.07, 6.45) is 2.36. The van der Waals surface area contributed by atoms with Crippen molar-refractivity contribution in [2.45, 2.75) is 143 Å². The van der Waals surface area contributed by atoms with Gasteiger partial charge >= 0.3 is 11.9 Å². The Labute approximate surface area is 310 Å². The zero-order valence-electron chi connectivity index (χ0n) is 32.7. The highest BCUT2D eigenvalue weighted by atomic mass is 16.6. The number of fused-ring (bicyclic) bond motifs is 1. The van der Waals surface area contributed by atoms with Crippen LogP contribution in [-0.2, 0) is 44.7 Å². The second kappa shape index (κ2) is 19.8. The summed E-state index contributed by atoms with van der Waals surface area (Å²) in [6, 6.07) is 5.15. The lowest BCUT2D eigenvalue weighted by atomic mass is 9.94. The van der Waals surface area contributed by atoms with E-state index >= 15 is 0 Å². The molecule has 290 valence electrons. The van der Waals surface area contributed by atoms with Crippen LogP contribution >= 0.6 is 0 Å². The van der Waals surface area contributed by atoms with E-state index in [4.69, 9.17) is 9.47 Å². The Bertz CT molecular complexity index is 1380. The first-order valence-corrected chi connectivity index (χ1v) is 19.2. The molecule has 0 bridgehead atoms. The van der Waals surface area contributed by atoms with Gasteiger partial charge in [-0.05, 0) is 49.0 Å². The van der Waals surface area contributed by atoms with Gasteiger partial charge < -0.3 is 29.9 Å². The molecule has 2 aliphatic heterocycles. The fraction of sp³-hybridized carbons (Fsp3) is 0.700. The number of unbranched alkanes of at least 4 members (excludes halogenated alkanes) is 2. The van der Waals surface area contributed by atoms with E-state index in [0.29, 0.717) is 32.1 Å². The number of rotatable bonds is 10. The lowest BCUT2D eigenvalue weighted by Gasteiger charge is -2.35. The van der Waals surface area contributed by atoms with Gasteiger partial charge in [-0.2, -0.15) is 0 Å². The van der Waals surface area contributed by atoms with Crippen LogP contribution < -0.4 is 10.6 Å². The number of benzene rings is 1. The van der Waals surface area contributed by atoms with E-state index < -0.39 is 83.8 Å². The number of nitrogens with zero attached hydrogens (tertiary/aromatic N) is 2. The number of cyclic esters (lactones) is 2. The second-order valence-electron chi connectivity index (χ2n) is 15.3. The van der Waals surface area contributed by atoms with Crippen molar-refractivity contribution in [3.63, 3.8) is 0 Å². The normalized spacial score (nSPS) is 28.0. The minimum Gasteiger partial charge on any atom is -0.460 e. The molecule has 12 heteroatoms. The van der Waals surface area contributed by atoms with Crippen LogP contribution in [0.3, 0.4) is 0 Å². The molecular formula is C40H62N4O8. The fourth-order valence-corrected chi connectivity index (χ4v) is 7.05. The van der Waals surface area contributed by atoms with Crippen LogP contribution in [0.4, 0.5) is 0 Å². The molecule has 1 aromatic carbocycles. The van der Waals surface area contributed by atoms with E-state index in [-0.39, 0.29) is 24.8 Å². The Morgan fingerprint density at radius 2 is 1.46 bits per heavy atom. The van der Waals surface area contributed by atoms with Crippen molar-refractivity contribution in [1.29, 1.82) is 0 Å². The molecule has 0 saturated carbocycles. The van der Waals surface area contributed by atoms with Crippen LogP contribution in [0.5, 0.6) is 0 Å². The van der Waals surface area contributed by atoms with Crippen LogP contribution in [0.2, 0.25) is 0 Å². The molecule has 1 aromatic rings. The van der Waals surface area contributed by atoms with Crippen LogP contribution in [0, 0.1) is 23.7 Å². The van der Waals surface area contributed by atoms with Gasteiger partial charge in [0.2, 0.25) is 17.7 Å². The fourth-order valence-electron chi connectivity index (χ4n) is 7.05. The maximum absolute atomic E-state index is 14.4. The van der Waals surface area contributed by atoms with Crippen molar-refractivity contribution < 1.29 is 38.2 Å². The topological polar surface area (TPSA) is 151 Å². The van der Waals surface area contributed by atoms with E-state index in [1.54, 1.807) is 34.6 Å². The third-order valence-corrected chi connectivity index (χ3v) is 10.6. The zero-order chi connectivity index (χ0) is 38.7. The standard InChI is InChI=1S/C40H62N4O8/c1-10-12-14-21-30-27(8)35(45)41-32(24(3)4)38(48)43(9)34(25(5)6)40(50)52-31(23-28-18-15-13-16-19-28)37(47)44-22-17-20-29(44)36(46)42-33(26(7)11-2)39(49)51-30/h13,15-16,18-19,24-27,29-34H,10-12,14,17,20-23H2,1-9H3,(H,41,45)(H,42,46)/t26-,27-,29-,30+,31-,32-,33-,34-/m0/s1. The van der Waals surface area contributed by atoms with E-state index in [9.17, 15) is 28.8 Å². The molecule has 0 aromatic heterocycles. The Kier molecular flexibility index (Phi) is 16.1. The van der Waals surface area contributed by atoms with Gasteiger partial charge in [0, 0.05) is 20.0 Å². The van der Waals surface area contributed by atoms with Gasteiger partial charge in [0.1, 0.15) is 30.3 Å². The summed E-state index contributed by atoms with van der Waals surface area (Å²) in [5, 5.41) is 5.79. The summed E-state index contributed by atoms with van der Waals surface area (Å²) in [6.45, 7) is 14.9. The summed E-state index contributed by atoms with van der Waals surface area (Å²) >= 11 is 0. The average Bonchev–Trinajstić information content (AvgIpc) is 3.61. The van der Waals surface area contributed by atoms with Crippen molar-refractivity contribution in [2.75, 3.05) is 13.6 Å². The van der Waals surface area contributed by atoms with E-state index in [0.717, 1.165) is 18.4 Å². The van der Waals surface area contributed by atoms with E-state index in [1.807, 2.05) is 44.2 Å². The van der Waals surface area contributed by atoms with E-state index in [2.05, 4.69) is 17.6 Å². The van der Waals surface area contributed by atoms with Gasteiger partial charge in [0.05, 0.1) is 5.92 Å². The number of hydrogen-bond acceptors (Lipinski definition) is 8. The second-order valence-corrected chi connectivity index (χ2v) is 15.3. The predicted octanol–water partition coefficient (Wildman–Crippen LogP) is 4.43. The van der Waals surface area contributed by atoms with Crippen LogP contribution in [0.1, 0.15) is 106 Å². The number of hydrogen-bond donors (Lipinski definition) is 2. The van der Waals surface area contributed by atoms with E-state index in [1.165, 1.54) is 16.8 Å². The molecule has 2 heterocycles. The first-order chi connectivity index (χ1) is 24.6. The molecule has 4 amide bonds. The van der Waals surface area contributed by atoms with Gasteiger partial charge in [0.25, 0.3) is 5.91 Å². The Morgan fingerprint density at radius 3 is 2.06 bits per heavy atom. The number of nitrogens with one attached hydrogen (secondary N) is 2. The minimum absolute atomic E-state index is 0.0581. The summed E-state index contributed by atoms with van der Waals surface area (Å²) < 4.78 is 12.1. The predicted molar refractivity (Wildman–Crippen MR) is 197 cm³/mol. The Balaban J connectivity index is 2.14. The lowest BCUT2D eigenvalue weighted by molar-refractivity contribution is -0.168. The molecular weight excluding hydrogens is 664 g/mol. The van der Waals surface area contributed by atoms with Crippen LogP contribution in [-0.4, -0.2) is 95.3 Å². The van der Waals surface area contributed by atoms with Gasteiger partial charge in [-0.3, -0.25) is 19.2 Å². The summed E-state index contributed by atoms with van der Waals surface area (Å²) in [4.78, 5) is 87.1. The molecule has 12 nitrogen and oxygen atoms in total. The first kappa shape index (κ1) is 42.5. The number of esters is 2. The van der Waals surface area contributed by atoms with Gasteiger partial charge in [-0.25, -0.2) is 9.59 Å². The van der Waals surface area contributed by atoms with Crippen molar-refractivity contribution in [2.24, 2.45) is 23.7 Å². The highest BCUT2D eigenvalue weighted by Gasteiger charge is 2.44.